The zero-order valence-corrected chi connectivity index (χ0v) is 8.57. The quantitative estimate of drug-likeness (QED) is 0.590. The Bertz CT molecular complexity index is 340. The maximum Gasteiger partial charge on any atom is 0.307 e. The molecule has 1 heterocycles. The van der Waals surface area contributed by atoms with Gasteiger partial charge in [0.05, 0.1) is 0 Å². The minimum absolute atomic E-state index is 0.281. The molecule has 0 aliphatic carbocycles. The summed E-state index contributed by atoms with van der Waals surface area (Å²) >= 11 is 0. The van der Waals surface area contributed by atoms with Crippen LogP contribution in [0.5, 0.6) is 0 Å². The number of nitrogens with one attached hydrogen (secondary N) is 1. The highest BCUT2D eigenvalue weighted by Crippen LogP contribution is 2.05. The van der Waals surface area contributed by atoms with Gasteiger partial charge in [-0.2, -0.15) is 5.10 Å². The van der Waals surface area contributed by atoms with Gasteiger partial charge in [-0.15, -0.1) is 0 Å². The number of hydrogen-bond acceptors (Lipinski definition) is 3. The third kappa shape index (κ3) is 3.05. The predicted octanol–water partition coefficient (Wildman–Crippen LogP) is 1.96. The number of carbonyl (C=O) groups is 1. The second-order valence-corrected chi connectivity index (χ2v) is 3.37. The summed E-state index contributed by atoms with van der Waals surface area (Å²) in [4.78, 5) is 11.3. The van der Waals surface area contributed by atoms with Crippen LogP contribution >= 0.6 is 0 Å². The molecular weight excluding hydrogens is 180 g/mol. The SMILES string of the molecule is Cc1ccc(C(=O)N/N=C/C(C)C)o1. The molecule has 76 valence electrons. The lowest BCUT2D eigenvalue weighted by Crippen LogP contribution is -2.17. The summed E-state index contributed by atoms with van der Waals surface area (Å²) in [5.74, 6) is 0.982. The van der Waals surface area contributed by atoms with Crippen molar-refractivity contribution in [3.63, 3.8) is 0 Å². The fourth-order valence-corrected chi connectivity index (χ4v) is 0.857. The Morgan fingerprint density at radius 3 is 2.79 bits per heavy atom. The molecule has 1 aromatic rings. The Hall–Kier alpha value is -1.58. The molecule has 0 saturated carbocycles. The van der Waals surface area contributed by atoms with Crippen LogP contribution in [0.1, 0.15) is 30.2 Å². The number of rotatable bonds is 3. The zero-order chi connectivity index (χ0) is 10.6. The maximum atomic E-state index is 11.3. The van der Waals surface area contributed by atoms with Crippen LogP contribution in [0.25, 0.3) is 0 Å². The van der Waals surface area contributed by atoms with E-state index in [1.165, 1.54) is 0 Å². The molecule has 4 nitrogen and oxygen atoms in total. The Morgan fingerprint density at radius 1 is 1.57 bits per heavy atom. The van der Waals surface area contributed by atoms with Gasteiger partial charge in [-0.05, 0) is 25.0 Å². The second kappa shape index (κ2) is 4.60. The van der Waals surface area contributed by atoms with E-state index in [9.17, 15) is 4.79 Å². The number of hydrogen-bond donors (Lipinski definition) is 1. The van der Waals surface area contributed by atoms with Gasteiger partial charge in [0.1, 0.15) is 5.76 Å². The summed E-state index contributed by atoms with van der Waals surface area (Å²) in [6.45, 7) is 5.74. The van der Waals surface area contributed by atoms with E-state index in [2.05, 4.69) is 10.5 Å². The van der Waals surface area contributed by atoms with Crippen LogP contribution in [0.15, 0.2) is 21.7 Å². The number of aryl methyl sites for hydroxylation is 1. The molecule has 0 radical (unpaired) electrons. The van der Waals surface area contributed by atoms with Gasteiger partial charge >= 0.3 is 5.91 Å². The molecule has 0 saturated heterocycles. The van der Waals surface area contributed by atoms with Crippen molar-refractivity contribution in [1.29, 1.82) is 0 Å². The summed E-state index contributed by atoms with van der Waals surface area (Å²) in [5.41, 5.74) is 2.38. The van der Waals surface area contributed by atoms with Crippen LogP contribution in [0.3, 0.4) is 0 Å². The van der Waals surface area contributed by atoms with Crippen LogP contribution in [0.4, 0.5) is 0 Å². The normalized spacial score (nSPS) is 11.1. The number of amides is 1. The van der Waals surface area contributed by atoms with Crippen molar-refractivity contribution in [2.24, 2.45) is 11.0 Å². The van der Waals surface area contributed by atoms with Gasteiger partial charge in [-0.3, -0.25) is 4.79 Å². The van der Waals surface area contributed by atoms with Gasteiger partial charge in [0.25, 0.3) is 0 Å². The Kier molecular flexibility index (Phi) is 3.45. The van der Waals surface area contributed by atoms with E-state index in [1.54, 1.807) is 25.3 Å². The molecule has 0 aliphatic rings. The molecule has 1 rings (SSSR count). The lowest BCUT2D eigenvalue weighted by Gasteiger charge is -1.96. The number of furan rings is 1. The van der Waals surface area contributed by atoms with Crippen molar-refractivity contribution in [3.8, 4) is 0 Å². The van der Waals surface area contributed by atoms with Gasteiger partial charge in [0.15, 0.2) is 5.76 Å². The largest absolute Gasteiger partial charge is 0.456 e. The van der Waals surface area contributed by atoms with Gasteiger partial charge in [-0.25, -0.2) is 5.43 Å². The summed E-state index contributed by atoms with van der Waals surface area (Å²) in [5, 5.41) is 3.77. The molecule has 4 heteroatoms. The smallest absolute Gasteiger partial charge is 0.307 e. The molecule has 0 bridgehead atoms. The van der Waals surface area contributed by atoms with Crippen LogP contribution in [-0.2, 0) is 0 Å². The van der Waals surface area contributed by atoms with Gasteiger partial charge in [-0.1, -0.05) is 13.8 Å². The first-order valence-corrected chi connectivity index (χ1v) is 4.49. The average Bonchev–Trinajstić information content (AvgIpc) is 2.51. The standard InChI is InChI=1S/C10H14N2O2/c1-7(2)6-11-12-10(13)9-5-4-8(3)14-9/h4-7H,1-3H3,(H,12,13)/b11-6+. The molecule has 1 aromatic heterocycles. The number of hydrazone groups is 1. The molecule has 1 amide bonds. The molecule has 1 N–H and O–H groups in total. The fourth-order valence-electron chi connectivity index (χ4n) is 0.857. The van der Waals surface area contributed by atoms with Crippen molar-refractivity contribution in [2.75, 3.05) is 0 Å². The first kappa shape index (κ1) is 10.5. The molecule has 0 unspecified atom stereocenters. The van der Waals surface area contributed by atoms with E-state index in [-0.39, 0.29) is 11.7 Å². The lowest BCUT2D eigenvalue weighted by atomic mass is 10.3. The van der Waals surface area contributed by atoms with E-state index in [4.69, 9.17) is 4.42 Å². The van der Waals surface area contributed by atoms with Crippen molar-refractivity contribution >= 4 is 12.1 Å². The monoisotopic (exact) mass is 194 g/mol. The van der Waals surface area contributed by atoms with Gasteiger partial charge in [0.2, 0.25) is 0 Å². The minimum atomic E-state index is -0.324. The summed E-state index contributed by atoms with van der Waals surface area (Å²) in [7, 11) is 0. The molecule has 14 heavy (non-hydrogen) atoms. The number of nitrogens with zero attached hydrogens (tertiary/aromatic N) is 1. The van der Waals surface area contributed by atoms with E-state index in [1.807, 2.05) is 13.8 Å². The first-order valence-electron chi connectivity index (χ1n) is 4.49. The van der Waals surface area contributed by atoms with Crippen molar-refractivity contribution in [2.45, 2.75) is 20.8 Å². The van der Waals surface area contributed by atoms with Crippen LogP contribution in [-0.4, -0.2) is 12.1 Å². The second-order valence-electron chi connectivity index (χ2n) is 3.37. The lowest BCUT2D eigenvalue weighted by molar-refractivity contribution is 0.0926. The number of carbonyl (C=O) groups excluding carboxylic acids is 1. The van der Waals surface area contributed by atoms with Gasteiger partial charge in [0, 0.05) is 6.21 Å². The molecule has 0 aromatic carbocycles. The highest BCUT2D eigenvalue weighted by atomic mass is 16.3. The van der Waals surface area contributed by atoms with E-state index in [0.717, 1.165) is 0 Å². The summed E-state index contributed by atoms with van der Waals surface area (Å²) in [6.07, 6.45) is 1.66. The minimum Gasteiger partial charge on any atom is -0.456 e. The first-order chi connectivity index (χ1) is 6.59. The van der Waals surface area contributed by atoms with E-state index < -0.39 is 0 Å². The van der Waals surface area contributed by atoms with Crippen molar-refractivity contribution in [3.05, 3.63) is 23.7 Å². The van der Waals surface area contributed by atoms with Crippen molar-refractivity contribution < 1.29 is 9.21 Å². The molecule has 0 fully saturated rings. The topological polar surface area (TPSA) is 54.6 Å². The van der Waals surface area contributed by atoms with Crippen LogP contribution < -0.4 is 5.43 Å². The fraction of sp³-hybridized carbons (Fsp3) is 0.400. The van der Waals surface area contributed by atoms with E-state index in [0.29, 0.717) is 11.7 Å². The zero-order valence-electron chi connectivity index (χ0n) is 8.57. The molecular formula is C10H14N2O2. The molecule has 0 aliphatic heterocycles. The maximum absolute atomic E-state index is 11.3. The Labute approximate surface area is 83.0 Å². The summed E-state index contributed by atoms with van der Waals surface area (Å²) in [6, 6.07) is 3.36. The third-order valence-corrected chi connectivity index (χ3v) is 1.50. The predicted molar refractivity (Wildman–Crippen MR) is 54.2 cm³/mol. The third-order valence-electron chi connectivity index (χ3n) is 1.50. The average molecular weight is 194 g/mol. The van der Waals surface area contributed by atoms with Crippen LogP contribution in [0.2, 0.25) is 0 Å². The Morgan fingerprint density at radius 2 is 2.29 bits per heavy atom. The summed E-state index contributed by atoms with van der Waals surface area (Å²) < 4.78 is 5.12. The van der Waals surface area contributed by atoms with Gasteiger partial charge < -0.3 is 4.42 Å². The Balaban J connectivity index is 2.51. The molecule has 0 spiro atoms. The molecule has 0 atom stereocenters. The van der Waals surface area contributed by atoms with E-state index >= 15 is 0 Å². The van der Waals surface area contributed by atoms with Crippen molar-refractivity contribution in [1.82, 2.24) is 5.43 Å². The highest BCUT2D eigenvalue weighted by Gasteiger charge is 2.07. The highest BCUT2D eigenvalue weighted by molar-refractivity contribution is 5.91. The van der Waals surface area contributed by atoms with Crippen LogP contribution in [0, 0.1) is 12.8 Å².